The lowest BCUT2D eigenvalue weighted by molar-refractivity contribution is -0.132. The van der Waals surface area contributed by atoms with Gasteiger partial charge in [0.1, 0.15) is 0 Å². The Balaban J connectivity index is 1.92. The summed E-state index contributed by atoms with van der Waals surface area (Å²) in [6, 6.07) is 10.9. The van der Waals surface area contributed by atoms with Crippen molar-refractivity contribution >= 4 is 35.5 Å². The van der Waals surface area contributed by atoms with E-state index in [-0.39, 0.29) is 33.5 Å². The van der Waals surface area contributed by atoms with E-state index in [1.165, 1.54) is 25.7 Å². The van der Waals surface area contributed by atoms with Crippen molar-refractivity contribution in [3.05, 3.63) is 63.8 Å². The minimum atomic E-state index is -0.566. The molecule has 6 nitrogen and oxygen atoms in total. The van der Waals surface area contributed by atoms with Crippen molar-refractivity contribution in [3.63, 3.8) is 0 Å². The molecule has 0 N–H and O–H groups in total. The van der Waals surface area contributed by atoms with Gasteiger partial charge in [-0.1, -0.05) is 44.5 Å². The zero-order valence-electron chi connectivity index (χ0n) is 17.4. The number of hydrogen-bond acceptors (Lipinski definition) is 6. The van der Waals surface area contributed by atoms with E-state index in [4.69, 9.17) is 25.8 Å². The monoisotopic (exact) mass is 427 g/mol. The predicted octanol–water partition coefficient (Wildman–Crippen LogP) is 4.92. The summed E-state index contributed by atoms with van der Waals surface area (Å²) in [5, 5.41) is 0.171. The molecule has 0 aromatic heterocycles. The highest BCUT2D eigenvalue weighted by molar-refractivity contribution is 6.32. The number of carbonyl (C=O) groups is 2. The Kier molecular flexibility index (Phi) is 5.99. The van der Waals surface area contributed by atoms with Gasteiger partial charge in [0.05, 0.1) is 12.1 Å². The summed E-state index contributed by atoms with van der Waals surface area (Å²) in [4.78, 5) is 27.9. The molecule has 2 aromatic carbocycles. The minimum Gasteiger partial charge on any atom is -0.493 e. The maximum absolute atomic E-state index is 12.3. The van der Waals surface area contributed by atoms with Gasteiger partial charge in [0, 0.05) is 12.5 Å². The van der Waals surface area contributed by atoms with Crippen LogP contribution in [0.1, 0.15) is 44.4 Å². The zero-order valence-corrected chi connectivity index (χ0v) is 18.2. The van der Waals surface area contributed by atoms with Crippen molar-refractivity contribution in [2.24, 2.45) is 4.99 Å². The van der Waals surface area contributed by atoms with Crippen molar-refractivity contribution < 1.29 is 23.8 Å². The van der Waals surface area contributed by atoms with Crippen LogP contribution in [0.5, 0.6) is 11.5 Å². The molecule has 0 amide bonds. The second kappa shape index (κ2) is 8.32. The summed E-state index contributed by atoms with van der Waals surface area (Å²) in [5.74, 6) is -0.471. The van der Waals surface area contributed by atoms with E-state index in [1.807, 2.05) is 24.3 Å². The Morgan fingerprint density at radius 2 is 1.83 bits per heavy atom. The third-order valence-electron chi connectivity index (χ3n) is 4.42. The first-order chi connectivity index (χ1) is 14.1. The third-order valence-corrected chi connectivity index (χ3v) is 4.70. The Morgan fingerprint density at radius 1 is 1.17 bits per heavy atom. The van der Waals surface area contributed by atoms with Gasteiger partial charge in [0.25, 0.3) is 0 Å². The minimum absolute atomic E-state index is 0.0222. The summed E-state index contributed by atoms with van der Waals surface area (Å²) in [6.07, 6.45) is 1.53. The van der Waals surface area contributed by atoms with E-state index >= 15 is 0 Å². The summed E-state index contributed by atoms with van der Waals surface area (Å²) in [7, 11) is 1.43. The largest absolute Gasteiger partial charge is 0.493 e. The van der Waals surface area contributed by atoms with Crippen LogP contribution in [-0.4, -0.2) is 24.9 Å². The summed E-state index contributed by atoms with van der Waals surface area (Å²) in [5.41, 5.74) is 2.58. The molecule has 0 atom stereocenters. The SMILES string of the molecule is COc1cc(C=C2N=C(c3ccc(C(C)(C)C)cc3)OC2=O)cc(Cl)c1OC(C)=O. The molecule has 0 spiro atoms. The van der Waals surface area contributed by atoms with Crippen molar-refractivity contribution in [1.82, 2.24) is 0 Å². The topological polar surface area (TPSA) is 74.2 Å². The number of esters is 2. The molecule has 7 heteroatoms. The number of aliphatic imine (C=N–C) groups is 1. The van der Waals surface area contributed by atoms with E-state index in [9.17, 15) is 9.59 Å². The number of methoxy groups -OCH3 is 1. The molecule has 0 unspecified atom stereocenters. The van der Waals surface area contributed by atoms with Gasteiger partial charge in [0.15, 0.2) is 17.2 Å². The van der Waals surface area contributed by atoms with Crippen LogP contribution in [0.15, 0.2) is 47.1 Å². The van der Waals surface area contributed by atoms with Gasteiger partial charge in [-0.25, -0.2) is 9.79 Å². The van der Waals surface area contributed by atoms with E-state index in [0.717, 1.165) is 0 Å². The highest BCUT2D eigenvalue weighted by atomic mass is 35.5. The Hall–Kier alpha value is -3.12. The Labute approximate surface area is 180 Å². The van der Waals surface area contributed by atoms with E-state index in [0.29, 0.717) is 11.1 Å². The van der Waals surface area contributed by atoms with Crippen LogP contribution >= 0.6 is 11.6 Å². The summed E-state index contributed by atoms with van der Waals surface area (Å²) < 4.78 is 15.7. The second-order valence-electron chi connectivity index (χ2n) is 7.79. The molecule has 0 bridgehead atoms. The van der Waals surface area contributed by atoms with Gasteiger partial charge in [-0.3, -0.25) is 4.79 Å². The first kappa shape index (κ1) is 21.6. The number of rotatable bonds is 4. The number of halogens is 1. The van der Waals surface area contributed by atoms with Gasteiger partial charge in [-0.2, -0.15) is 0 Å². The normalized spacial score (nSPS) is 15.1. The molecule has 0 fully saturated rings. The molecule has 1 heterocycles. The van der Waals surface area contributed by atoms with Crippen molar-refractivity contribution in [2.45, 2.75) is 33.1 Å². The molecule has 30 heavy (non-hydrogen) atoms. The van der Waals surface area contributed by atoms with Gasteiger partial charge in [0.2, 0.25) is 5.90 Å². The van der Waals surface area contributed by atoms with E-state index < -0.39 is 11.9 Å². The van der Waals surface area contributed by atoms with Crippen molar-refractivity contribution in [3.8, 4) is 11.5 Å². The van der Waals surface area contributed by atoms with Gasteiger partial charge in [-0.15, -0.1) is 0 Å². The molecule has 2 aromatic rings. The molecule has 0 saturated heterocycles. The first-order valence-electron chi connectivity index (χ1n) is 9.28. The molecular formula is C23H22ClNO5. The Morgan fingerprint density at radius 3 is 2.40 bits per heavy atom. The van der Waals surface area contributed by atoms with Gasteiger partial charge in [-0.05, 0) is 46.9 Å². The maximum atomic E-state index is 12.3. The highest BCUT2D eigenvalue weighted by Gasteiger charge is 2.25. The number of cyclic esters (lactones) is 1. The molecule has 156 valence electrons. The van der Waals surface area contributed by atoms with Crippen LogP contribution in [0.25, 0.3) is 6.08 Å². The van der Waals surface area contributed by atoms with Crippen molar-refractivity contribution in [2.75, 3.05) is 7.11 Å². The predicted molar refractivity (Wildman–Crippen MR) is 115 cm³/mol. The van der Waals surface area contributed by atoms with E-state index in [1.54, 1.807) is 12.1 Å². The second-order valence-corrected chi connectivity index (χ2v) is 8.20. The van der Waals surface area contributed by atoms with Crippen LogP contribution in [0.2, 0.25) is 5.02 Å². The zero-order chi connectivity index (χ0) is 22.1. The van der Waals surface area contributed by atoms with Crippen LogP contribution in [0, 0.1) is 0 Å². The molecule has 0 radical (unpaired) electrons. The fraction of sp³-hybridized carbons (Fsp3) is 0.261. The van der Waals surface area contributed by atoms with Crippen LogP contribution in [-0.2, 0) is 19.7 Å². The lowest BCUT2D eigenvalue weighted by Crippen LogP contribution is -2.11. The lowest BCUT2D eigenvalue weighted by atomic mass is 9.87. The molecular weight excluding hydrogens is 406 g/mol. The van der Waals surface area contributed by atoms with E-state index in [2.05, 4.69) is 25.8 Å². The molecule has 3 rings (SSSR count). The number of benzene rings is 2. The number of carbonyl (C=O) groups excluding carboxylic acids is 2. The first-order valence-corrected chi connectivity index (χ1v) is 9.65. The maximum Gasteiger partial charge on any atom is 0.363 e. The average Bonchev–Trinajstić information content (AvgIpc) is 3.03. The smallest absolute Gasteiger partial charge is 0.363 e. The van der Waals surface area contributed by atoms with Crippen LogP contribution in [0.4, 0.5) is 0 Å². The Bertz CT molecular complexity index is 1060. The molecule has 0 saturated carbocycles. The number of nitrogens with zero attached hydrogens (tertiary/aromatic N) is 1. The number of hydrogen-bond donors (Lipinski definition) is 0. The molecule has 1 aliphatic heterocycles. The fourth-order valence-corrected chi connectivity index (χ4v) is 3.13. The standard InChI is InChI=1S/C23H22ClNO5/c1-13(26)29-20-17(24)10-14(12-19(20)28-5)11-18-22(27)30-21(25-18)15-6-8-16(9-7-15)23(2,3)4/h6-12H,1-5H3. The fourth-order valence-electron chi connectivity index (χ4n) is 2.87. The molecule has 0 aliphatic carbocycles. The van der Waals surface area contributed by atoms with Gasteiger partial charge >= 0.3 is 11.9 Å². The highest BCUT2D eigenvalue weighted by Crippen LogP contribution is 2.37. The lowest BCUT2D eigenvalue weighted by Gasteiger charge is -2.18. The number of ether oxygens (including phenoxy) is 3. The van der Waals surface area contributed by atoms with Crippen molar-refractivity contribution in [1.29, 1.82) is 0 Å². The molecule has 1 aliphatic rings. The third kappa shape index (κ3) is 4.71. The van der Waals surface area contributed by atoms with Gasteiger partial charge < -0.3 is 14.2 Å². The summed E-state index contributed by atoms with van der Waals surface area (Å²) >= 11 is 6.22. The quantitative estimate of drug-likeness (QED) is 0.393. The van der Waals surface area contributed by atoms with Crippen LogP contribution in [0.3, 0.4) is 0 Å². The average molecular weight is 428 g/mol. The summed E-state index contributed by atoms with van der Waals surface area (Å²) in [6.45, 7) is 7.65. The van der Waals surface area contributed by atoms with Crippen LogP contribution < -0.4 is 9.47 Å².